The number of hydrogen-bond donors (Lipinski definition) is 0. The fourth-order valence-corrected chi connectivity index (χ4v) is 1.58. The van der Waals surface area contributed by atoms with Gasteiger partial charge in [0.05, 0.1) is 6.54 Å². The van der Waals surface area contributed by atoms with Crippen LogP contribution in [0.5, 0.6) is 0 Å². The summed E-state index contributed by atoms with van der Waals surface area (Å²) in [6, 6.07) is 0. The van der Waals surface area contributed by atoms with E-state index < -0.39 is 0 Å². The third kappa shape index (κ3) is 3.99. The van der Waals surface area contributed by atoms with Crippen LogP contribution >= 0.6 is 0 Å². The maximum absolute atomic E-state index is 6.72. The molecule has 0 amide bonds. The van der Waals surface area contributed by atoms with E-state index in [-0.39, 0.29) is 6.54 Å². The standard InChI is InChI=1S/C11H18N4O/c1-4-6-15(7-5-2)9-11-13-10(8-12-3)14-16-11/h4-9H2,1-2H3. The van der Waals surface area contributed by atoms with E-state index in [0.717, 1.165) is 25.9 Å². The lowest BCUT2D eigenvalue weighted by atomic mass is 10.3. The molecule has 0 radical (unpaired) electrons. The van der Waals surface area contributed by atoms with Crippen molar-refractivity contribution >= 4 is 0 Å². The van der Waals surface area contributed by atoms with Crippen molar-refractivity contribution in [2.75, 3.05) is 13.1 Å². The molecule has 1 aromatic rings. The van der Waals surface area contributed by atoms with Gasteiger partial charge in [-0.2, -0.15) is 4.98 Å². The first-order chi connectivity index (χ1) is 7.80. The molecule has 0 N–H and O–H groups in total. The molecule has 0 fully saturated rings. The van der Waals surface area contributed by atoms with Gasteiger partial charge in [0.25, 0.3) is 12.4 Å². The van der Waals surface area contributed by atoms with E-state index in [4.69, 9.17) is 11.1 Å². The summed E-state index contributed by atoms with van der Waals surface area (Å²) < 4.78 is 5.09. The van der Waals surface area contributed by atoms with Gasteiger partial charge in [-0.3, -0.25) is 4.90 Å². The Labute approximate surface area is 96.3 Å². The highest BCUT2D eigenvalue weighted by molar-refractivity contribution is 4.89. The zero-order valence-corrected chi connectivity index (χ0v) is 9.94. The Balaban J connectivity index is 2.52. The predicted molar refractivity (Wildman–Crippen MR) is 60.5 cm³/mol. The third-order valence-electron chi connectivity index (χ3n) is 2.17. The Morgan fingerprint density at radius 2 is 2.00 bits per heavy atom. The lowest BCUT2D eigenvalue weighted by Gasteiger charge is -2.18. The monoisotopic (exact) mass is 222 g/mol. The molecule has 0 bridgehead atoms. The van der Waals surface area contributed by atoms with Gasteiger partial charge in [0.1, 0.15) is 0 Å². The normalized spacial score (nSPS) is 10.6. The molecule has 1 rings (SSSR count). The second kappa shape index (κ2) is 6.96. The van der Waals surface area contributed by atoms with Gasteiger partial charge in [-0.1, -0.05) is 19.0 Å². The summed E-state index contributed by atoms with van der Waals surface area (Å²) in [4.78, 5) is 9.68. The van der Waals surface area contributed by atoms with Crippen molar-refractivity contribution in [3.05, 3.63) is 23.1 Å². The lowest BCUT2D eigenvalue weighted by Crippen LogP contribution is -2.25. The van der Waals surface area contributed by atoms with Crippen molar-refractivity contribution in [2.24, 2.45) is 0 Å². The molecule has 0 aliphatic carbocycles. The molecular weight excluding hydrogens is 204 g/mol. The molecule has 16 heavy (non-hydrogen) atoms. The van der Waals surface area contributed by atoms with Crippen LogP contribution in [0.2, 0.25) is 0 Å². The summed E-state index contributed by atoms with van der Waals surface area (Å²) in [5, 5.41) is 3.75. The maximum atomic E-state index is 6.72. The minimum absolute atomic E-state index is 0.199. The molecule has 5 heteroatoms. The molecule has 0 aliphatic rings. The van der Waals surface area contributed by atoms with Gasteiger partial charge in [0.2, 0.25) is 5.89 Å². The minimum Gasteiger partial charge on any atom is -0.338 e. The maximum Gasteiger partial charge on any atom is 0.276 e. The van der Waals surface area contributed by atoms with Crippen LogP contribution in [0, 0.1) is 6.57 Å². The second-order valence-corrected chi connectivity index (χ2v) is 3.70. The van der Waals surface area contributed by atoms with Crippen molar-refractivity contribution in [1.29, 1.82) is 0 Å². The van der Waals surface area contributed by atoms with Crippen LogP contribution in [0.4, 0.5) is 0 Å². The molecule has 0 aliphatic heterocycles. The van der Waals surface area contributed by atoms with E-state index in [9.17, 15) is 0 Å². The molecule has 0 saturated heterocycles. The molecule has 5 nitrogen and oxygen atoms in total. The van der Waals surface area contributed by atoms with Crippen LogP contribution in [0.25, 0.3) is 4.85 Å². The fraction of sp³-hybridized carbons (Fsp3) is 0.727. The van der Waals surface area contributed by atoms with E-state index in [2.05, 4.69) is 33.7 Å². The zero-order chi connectivity index (χ0) is 11.8. The van der Waals surface area contributed by atoms with Gasteiger partial charge in [0.15, 0.2) is 0 Å². The molecular formula is C11H18N4O. The van der Waals surface area contributed by atoms with Crippen LogP contribution in [0.15, 0.2) is 4.52 Å². The summed E-state index contributed by atoms with van der Waals surface area (Å²) in [5.74, 6) is 1.10. The highest BCUT2D eigenvalue weighted by atomic mass is 16.5. The lowest BCUT2D eigenvalue weighted by molar-refractivity contribution is 0.226. The molecule has 0 unspecified atom stereocenters. The Kier molecular flexibility index (Phi) is 5.51. The van der Waals surface area contributed by atoms with E-state index >= 15 is 0 Å². The summed E-state index contributed by atoms with van der Waals surface area (Å²) in [6.07, 6.45) is 2.23. The van der Waals surface area contributed by atoms with Gasteiger partial charge >= 0.3 is 0 Å². The first-order valence-electron chi connectivity index (χ1n) is 5.67. The van der Waals surface area contributed by atoms with Crippen molar-refractivity contribution in [1.82, 2.24) is 15.0 Å². The van der Waals surface area contributed by atoms with Crippen molar-refractivity contribution < 1.29 is 4.52 Å². The predicted octanol–water partition coefficient (Wildman–Crippen LogP) is 2.11. The Morgan fingerprint density at radius 3 is 2.56 bits per heavy atom. The largest absolute Gasteiger partial charge is 0.338 e. The Bertz CT molecular complexity index is 336. The van der Waals surface area contributed by atoms with E-state index in [1.54, 1.807) is 0 Å². The number of aromatic nitrogens is 2. The number of nitrogens with zero attached hydrogens (tertiary/aromatic N) is 4. The van der Waals surface area contributed by atoms with Crippen molar-refractivity contribution in [2.45, 2.75) is 39.8 Å². The highest BCUT2D eigenvalue weighted by Gasteiger charge is 2.11. The molecule has 0 atom stereocenters. The average Bonchev–Trinajstić information content (AvgIpc) is 2.67. The van der Waals surface area contributed by atoms with Crippen LogP contribution < -0.4 is 0 Å². The van der Waals surface area contributed by atoms with E-state index in [0.29, 0.717) is 18.3 Å². The van der Waals surface area contributed by atoms with Crippen LogP contribution in [0.3, 0.4) is 0 Å². The average molecular weight is 222 g/mol. The Hall–Kier alpha value is -1.41. The van der Waals surface area contributed by atoms with Gasteiger partial charge in [0, 0.05) is 0 Å². The molecule has 0 saturated carbocycles. The van der Waals surface area contributed by atoms with Gasteiger partial charge in [-0.05, 0) is 25.9 Å². The topological polar surface area (TPSA) is 46.5 Å². The minimum atomic E-state index is 0.199. The molecule has 0 aromatic carbocycles. The van der Waals surface area contributed by atoms with Gasteiger partial charge in [-0.15, -0.1) is 0 Å². The summed E-state index contributed by atoms with van der Waals surface area (Å²) in [6.45, 7) is 14.0. The van der Waals surface area contributed by atoms with Crippen LogP contribution in [-0.2, 0) is 13.1 Å². The molecule has 1 heterocycles. The Morgan fingerprint density at radius 1 is 1.31 bits per heavy atom. The van der Waals surface area contributed by atoms with Crippen molar-refractivity contribution in [3.8, 4) is 0 Å². The number of rotatable bonds is 7. The number of hydrogen-bond acceptors (Lipinski definition) is 4. The van der Waals surface area contributed by atoms with Crippen LogP contribution in [0.1, 0.15) is 38.4 Å². The quantitative estimate of drug-likeness (QED) is 0.663. The van der Waals surface area contributed by atoms with Crippen LogP contribution in [-0.4, -0.2) is 28.1 Å². The van der Waals surface area contributed by atoms with Crippen molar-refractivity contribution in [3.63, 3.8) is 0 Å². The smallest absolute Gasteiger partial charge is 0.276 e. The first-order valence-corrected chi connectivity index (χ1v) is 5.67. The van der Waals surface area contributed by atoms with E-state index in [1.165, 1.54) is 0 Å². The summed E-state index contributed by atoms with van der Waals surface area (Å²) >= 11 is 0. The molecule has 1 aromatic heterocycles. The molecule has 0 spiro atoms. The zero-order valence-electron chi connectivity index (χ0n) is 9.94. The summed E-state index contributed by atoms with van der Waals surface area (Å²) in [7, 11) is 0. The third-order valence-corrected chi connectivity index (χ3v) is 2.17. The molecule has 88 valence electrons. The van der Waals surface area contributed by atoms with Gasteiger partial charge in [-0.25, -0.2) is 6.57 Å². The van der Waals surface area contributed by atoms with Gasteiger partial charge < -0.3 is 9.37 Å². The highest BCUT2D eigenvalue weighted by Crippen LogP contribution is 2.05. The fourth-order valence-electron chi connectivity index (χ4n) is 1.58. The first kappa shape index (κ1) is 12.7. The SMILES string of the molecule is [C-]#[N+]Cc1noc(CN(CCC)CCC)n1. The summed E-state index contributed by atoms with van der Waals surface area (Å²) in [5.41, 5.74) is 0. The van der Waals surface area contributed by atoms with E-state index in [1.807, 2.05) is 0 Å². The second-order valence-electron chi connectivity index (χ2n) is 3.70.